The summed E-state index contributed by atoms with van der Waals surface area (Å²) in [7, 11) is 1.32. The molecule has 0 saturated carbocycles. The summed E-state index contributed by atoms with van der Waals surface area (Å²) < 4.78 is 6.97. The summed E-state index contributed by atoms with van der Waals surface area (Å²) in [6, 6.07) is 14.6. The zero-order valence-electron chi connectivity index (χ0n) is 23.0. The average Bonchev–Trinajstić information content (AvgIpc) is 3.39. The van der Waals surface area contributed by atoms with Crippen LogP contribution in [0.2, 0.25) is 0 Å². The fraction of sp³-hybridized carbons (Fsp3) is 0.310. The van der Waals surface area contributed by atoms with Crippen LogP contribution in [-0.2, 0) is 11.3 Å². The summed E-state index contributed by atoms with van der Waals surface area (Å²) in [6.45, 7) is 11.3. The number of ether oxygens (including phenoxy) is 1. The van der Waals surface area contributed by atoms with Gasteiger partial charge in [0.05, 0.1) is 41.2 Å². The summed E-state index contributed by atoms with van der Waals surface area (Å²) in [5.74, 6) is -0.649. The lowest BCUT2D eigenvalue weighted by atomic mass is 10.0. The molecule has 0 saturated heterocycles. The Hall–Kier alpha value is -3.76. The molecule has 0 atom stereocenters. The Bertz CT molecular complexity index is 1550. The number of esters is 1. The maximum absolute atomic E-state index is 13.1. The standard InChI is InChI=1S/C29H33N5O3S2/c1-7-33(8-2)27(35)25-17(3)23(28(36)37-6)26(39-25)31-29(38)30-24-18(4)32-34(19(24)5)16-21-14-11-13-20-12-9-10-15-22(20)21/h9-15H,7-8,16H2,1-6H3,(H2,30,31,38). The maximum atomic E-state index is 13.1. The first-order chi connectivity index (χ1) is 18.7. The molecule has 2 aromatic heterocycles. The van der Waals surface area contributed by atoms with Gasteiger partial charge in [-0.1, -0.05) is 42.5 Å². The third-order valence-electron chi connectivity index (χ3n) is 6.83. The van der Waals surface area contributed by atoms with E-state index in [-0.39, 0.29) is 5.91 Å². The molecule has 0 bridgehead atoms. The molecule has 0 radical (unpaired) electrons. The van der Waals surface area contributed by atoms with Gasteiger partial charge < -0.3 is 20.3 Å². The van der Waals surface area contributed by atoms with Gasteiger partial charge in [-0.2, -0.15) is 5.10 Å². The Morgan fingerprint density at radius 2 is 1.74 bits per heavy atom. The molecule has 2 aromatic carbocycles. The van der Waals surface area contributed by atoms with Gasteiger partial charge in [0, 0.05) is 13.1 Å². The topological polar surface area (TPSA) is 88.5 Å². The van der Waals surface area contributed by atoms with Gasteiger partial charge in [-0.3, -0.25) is 9.48 Å². The van der Waals surface area contributed by atoms with Crippen molar-refractivity contribution in [1.82, 2.24) is 14.7 Å². The molecular formula is C29H33N5O3S2. The minimum absolute atomic E-state index is 0.124. The van der Waals surface area contributed by atoms with Crippen molar-refractivity contribution in [1.29, 1.82) is 0 Å². The van der Waals surface area contributed by atoms with E-state index in [0.29, 0.717) is 45.8 Å². The molecule has 0 aliphatic carbocycles. The highest BCUT2D eigenvalue weighted by molar-refractivity contribution is 7.80. The number of anilines is 2. The number of aromatic nitrogens is 2. The van der Waals surface area contributed by atoms with E-state index in [4.69, 9.17) is 22.1 Å². The molecule has 4 rings (SSSR count). The Labute approximate surface area is 238 Å². The van der Waals surface area contributed by atoms with E-state index >= 15 is 0 Å². The number of rotatable bonds is 8. The predicted molar refractivity (Wildman–Crippen MR) is 162 cm³/mol. The summed E-state index contributed by atoms with van der Waals surface area (Å²) in [4.78, 5) is 28.0. The zero-order valence-corrected chi connectivity index (χ0v) is 24.7. The number of carbonyl (C=O) groups is 2. The van der Waals surface area contributed by atoms with Gasteiger partial charge in [-0.25, -0.2) is 4.79 Å². The van der Waals surface area contributed by atoms with E-state index in [1.165, 1.54) is 34.8 Å². The van der Waals surface area contributed by atoms with Gasteiger partial charge in [0.1, 0.15) is 5.00 Å². The van der Waals surface area contributed by atoms with Gasteiger partial charge in [0.2, 0.25) is 0 Å². The number of fused-ring (bicyclic) bond motifs is 1. The normalized spacial score (nSPS) is 10.9. The van der Waals surface area contributed by atoms with Crippen LogP contribution < -0.4 is 10.6 Å². The van der Waals surface area contributed by atoms with Crippen LogP contribution in [-0.4, -0.2) is 51.9 Å². The number of carbonyl (C=O) groups excluding carboxylic acids is 2. The molecule has 4 aromatic rings. The van der Waals surface area contributed by atoms with Crippen molar-refractivity contribution in [3.8, 4) is 0 Å². The first-order valence-electron chi connectivity index (χ1n) is 12.8. The molecule has 39 heavy (non-hydrogen) atoms. The fourth-order valence-electron chi connectivity index (χ4n) is 4.68. The third kappa shape index (κ3) is 5.67. The van der Waals surface area contributed by atoms with Gasteiger partial charge in [-0.15, -0.1) is 11.3 Å². The van der Waals surface area contributed by atoms with Gasteiger partial charge in [0.25, 0.3) is 5.91 Å². The maximum Gasteiger partial charge on any atom is 0.341 e. The molecule has 204 valence electrons. The highest BCUT2D eigenvalue weighted by Crippen LogP contribution is 2.35. The van der Waals surface area contributed by atoms with Gasteiger partial charge in [-0.05, 0) is 68.7 Å². The Morgan fingerprint density at radius 1 is 1.05 bits per heavy atom. The minimum atomic E-state index is -0.525. The van der Waals surface area contributed by atoms with E-state index in [1.54, 1.807) is 11.8 Å². The Morgan fingerprint density at radius 3 is 2.44 bits per heavy atom. The van der Waals surface area contributed by atoms with Crippen molar-refractivity contribution in [2.75, 3.05) is 30.8 Å². The van der Waals surface area contributed by atoms with Crippen LogP contribution in [0.15, 0.2) is 42.5 Å². The lowest BCUT2D eigenvalue weighted by Crippen LogP contribution is -2.30. The van der Waals surface area contributed by atoms with Crippen molar-refractivity contribution in [2.45, 2.75) is 41.2 Å². The largest absolute Gasteiger partial charge is 0.465 e. The van der Waals surface area contributed by atoms with Crippen LogP contribution in [0.5, 0.6) is 0 Å². The predicted octanol–water partition coefficient (Wildman–Crippen LogP) is 6.15. The number of hydrogen-bond acceptors (Lipinski definition) is 6. The molecular weight excluding hydrogens is 530 g/mol. The highest BCUT2D eigenvalue weighted by atomic mass is 32.1. The molecule has 0 spiro atoms. The minimum Gasteiger partial charge on any atom is -0.465 e. The lowest BCUT2D eigenvalue weighted by molar-refractivity contribution is 0.0601. The van der Waals surface area contributed by atoms with Gasteiger partial charge >= 0.3 is 5.97 Å². The number of benzene rings is 2. The molecule has 2 heterocycles. The second-order valence-electron chi connectivity index (χ2n) is 9.15. The van der Waals surface area contributed by atoms with E-state index < -0.39 is 5.97 Å². The number of hydrogen-bond donors (Lipinski definition) is 2. The number of thiophene rings is 1. The Kier molecular flexibility index (Phi) is 8.66. The van der Waals surface area contributed by atoms with E-state index in [0.717, 1.165) is 17.1 Å². The van der Waals surface area contributed by atoms with E-state index in [9.17, 15) is 9.59 Å². The monoisotopic (exact) mass is 563 g/mol. The summed E-state index contributed by atoms with van der Waals surface area (Å²) in [5, 5.41) is 14.3. The number of nitrogens with zero attached hydrogens (tertiary/aromatic N) is 3. The van der Waals surface area contributed by atoms with Crippen LogP contribution in [0.4, 0.5) is 10.7 Å². The lowest BCUT2D eigenvalue weighted by Gasteiger charge is -2.18. The summed E-state index contributed by atoms with van der Waals surface area (Å²) in [6.07, 6.45) is 0. The number of aryl methyl sites for hydroxylation is 1. The first-order valence-corrected chi connectivity index (χ1v) is 14.0. The second kappa shape index (κ2) is 12.0. The number of methoxy groups -OCH3 is 1. The number of thiocarbonyl (C=S) groups is 1. The van der Waals surface area contributed by atoms with Crippen molar-refractivity contribution in [3.63, 3.8) is 0 Å². The fourth-order valence-corrected chi connectivity index (χ4v) is 6.12. The number of amides is 1. The second-order valence-corrected chi connectivity index (χ2v) is 10.6. The van der Waals surface area contributed by atoms with Crippen LogP contribution in [0.3, 0.4) is 0 Å². The number of nitrogens with one attached hydrogen (secondary N) is 2. The Balaban J connectivity index is 1.59. The smallest absolute Gasteiger partial charge is 0.341 e. The third-order valence-corrected chi connectivity index (χ3v) is 8.23. The van der Waals surface area contributed by atoms with Crippen molar-refractivity contribution in [3.05, 3.63) is 75.4 Å². The average molecular weight is 564 g/mol. The van der Waals surface area contributed by atoms with Crippen molar-refractivity contribution < 1.29 is 14.3 Å². The molecule has 0 unspecified atom stereocenters. The molecule has 0 aliphatic heterocycles. The molecule has 10 heteroatoms. The zero-order chi connectivity index (χ0) is 28.3. The molecule has 1 amide bonds. The van der Waals surface area contributed by atoms with E-state index in [2.05, 4.69) is 41.0 Å². The van der Waals surface area contributed by atoms with Gasteiger partial charge in [0.15, 0.2) is 5.11 Å². The quantitative estimate of drug-likeness (QED) is 0.196. The molecule has 8 nitrogen and oxygen atoms in total. The molecule has 0 fully saturated rings. The molecule has 0 aliphatic rings. The SMILES string of the molecule is CCN(CC)C(=O)c1sc(NC(=S)Nc2c(C)nn(Cc3cccc4ccccc34)c2C)c(C(=O)OC)c1C. The van der Waals surface area contributed by atoms with E-state index in [1.807, 2.05) is 44.5 Å². The first kappa shape index (κ1) is 28.3. The van der Waals surface area contributed by atoms with Crippen LogP contribution >= 0.6 is 23.6 Å². The molecule has 2 N–H and O–H groups in total. The van der Waals surface area contributed by atoms with Crippen molar-refractivity contribution >= 4 is 62.0 Å². The van der Waals surface area contributed by atoms with Crippen LogP contribution in [0.1, 0.15) is 56.4 Å². The summed E-state index contributed by atoms with van der Waals surface area (Å²) in [5.41, 5.74) is 4.57. The van der Waals surface area contributed by atoms with Crippen LogP contribution in [0, 0.1) is 20.8 Å². The van der Waals surface area contributed by atoms with Crippen LogP contribution in [0.25, 0.3) is 10.8 Å². The summed E-state index contributed by atoms with van der Waals surface area (Å²) >= 11 is 6.84. The highest BCUT2D eigenvalue weighted by Gasteiger charge is 2.28. The van der Waals surface area contributed by atoms with Crippen molar-refractivity contribution in [2.24, 2.45) is 0 Å².